The van der Waals surface area contributed by atoms with Crippen molar-refractivity contribution >= 4 is 27.9 Å². The smallest absolute Gasteiger partial charge is 0.335 e. The van der Waals surface area contributed by atoms with Crippen molar-refractivity contribution in [1.82, 2.24) is 14.7 Å². The van der Waals surface area contributed by atoms with Gasteiger partial charge in [0.2, 0.25) is 17.7 Å². The lowest BCUT2D eigenvalue weighted by molar-refractivity contribution is 0.256. The molecule has 11 heteroatoms. The summed E-state index contributed by atoms with van der Waals surface area (Å²) in [6, 6.07) is 0.337. The van der Waals surface area contributed by atoms with E-state index in [-0.39, 0.29) is 34.1 Å². The minimum Gasteiger partial charge on any atom is -0.481 e. The van der Waals surface area contributed by atoms with Gasteiger partial charge in [0.05, 0.1) is 25.2 Å². The fraction of sp³-hybridized carbons (Fsp3) is 0.353. The number of urea groups is 1. The second-order valence-electron chi connectivity index (χ2n) is 6.14. The Balaban J connectivity index is 1.79. The van der Waals surface area contributed by atoms with Gasteiger partial charge in [-0.2, -0.15) is 9.97 Å². The fourth-order valence-corrected chi connectivity index (χ4v) is 4.18. The zero-order chi connectivity index (χ0) is 20.3. The lowest BCUT2D eigenvalue weighted by atomic mass is 9.91. The van der Waals surface area contributed by atoms with E-state index in [9.17, 15) is 18.0 Å². The lowest BCUT2D eigenvalue weighted by Gasteiger charge is -2.22. The summed E-state index contributed by atoms with van der Waals surface area (Å²) < 4.78 is 37.3. The third-order valence-electron chi connectivity index (χ3n) is 4.25. The summed E-state index contributed by atoms with van der Waals surface area (Å²) in [5.74, 6) is 1.27. The molecule has 1 atom stereocenters. The number of allylic oxidation sites excluding steroid dienone is 5. The van der Waals surface area contributed by atoms with Gasteiger partial charge in [-0.25, -0.2) is 22.7 Å². The molecule has 2 aliphatic rings. The van der Waals surface area contributed by atoms with E-state index in [0.29, 0.717) is 0 Å². The van der Waals surface area contributed by atoms with Crippen LogP contribution < -0.4 is 19.5 Å². The van der Waals surface area contributed by atoms with Crippen LogP contribution >= 0.6 is 0 Å². The summed E-state index contributed by atoms with van der Waals surface area (Å²) in [6.45, 7) is 0. The van der Waals surface area contributed by atoms with E-state index < -0.39 is 22.0 Å². The number of carbonyl (C=O) groups excluding carboxylic acids is 2. The molecule has 10 nitrogen and oxygen atoms in total. The van der Waals surface area contributed by atoms with Gasteiger partial charge in [0.15, 0.2) is 0 Å². The Labute approximate surface area is 161 Å². The predicted molar refractivity (Wildman–Crippen MR) is 98.9 cm³/mol. The number of methoxy groups -OCH3 is 2. The second kappa shape index (κ2) is 7.83. The highest BCUT2D eigenvalue weighted by atomic mass is 32.2. The molecule has 0 aromatic carbocycles. The number of rotatable bonds is 6. The molecule has 1 aromatic heterocycles. The lowest BCUT2D eigenvalue weighted by Crippen LogP contribution is -2.38. The van der Waals surface area contributed by atoms with Gasteiger partial charge in [-0.15, -0.1) is 0 Å². The molecule has 1 saturated carbocycles. The van der Waals surface area contributed by atoms with E-state index >= 15 is 0 Å². The first-order valence-corrected chi connectivity index (χ1v) is 9.80. The van der Waals surface area contributed by atoms with E-state index in [1.807, 2.05) is 4.72 Å². The normalized spacial score (nSPS) is 18.7. The summed E-state index contributed by atoms with van der Waals surface area (Å²) in [7, 11) is -1.46. The molecule has 0 radical (unpaired) electrons. The minimum absolute atomic E-state index is 0.0401. The second-order valence-corrected chi connectivity index (χ2v) is 7.82. The third kappa shape index (κ3) is 4.21. The number of nitrogens with zero attached hydrogens (tertiary/aromatic N) is 2. The van der Waals surface area contributed by atoms with Crippen LogP contribution in [0.5, 0.6) is 11.8 Å². The van der Waals surface area contributed by atoms with E-state index in [0.717, 1.165) is 12.8 Å². The molecule has 148 valence electrons. The zero-order valence-electron chi connectivity index (χ0n) is 15.1. The Morgan fingerprint density at radius 3 is 2.39 bits per heavy atom. The van der Waals surface area contributed by atoms with Gasteiger partial charge in [0, 0.05) is 11.5 Å². The summed E-state index contributed by atoms with van der Waals surface area (Å²) >= 11 is 0. The highest BCUT2D eigenvalue weighted by Gasteiger charge is 2.42. The Kier molecular flexibility index (Phi) is 5.48. The fourth-order valence-electron chi connectivity index (χ4n) is 2.85. The van der Waals surface area contributed by atoms with Crippen LogP contribution in [0.25, 0.3) is 0 Å². The van der Waals surface area contributed by atoms with Crippen molar-refractivity contribution in [2.75, 3.05) is 19.5 Å². The highest BCUT2D eigenvalue weighted by molar-refractivity contribution is 7.94. The molecule has 28 heavy (non-hydrogen) atoms. The Bertz CT molecular complexity index is 984. The Morgan fingerprint density at radius 2 is 1.86 bits per heavy atom. The first-order chi connectivity index (χ1) is 13.4. The highest BCUT2D eigenvalue weighted by Crippen LogP contribution is 2.46. The quantitative estimate of drug-likeness (QED) is 0.672. The van der Waals surface area contributed by atoms with Crippen molar-refractivity contribution in [3.05, 3.63) is 34.8 Å². The average molecular weight is 406 g/mol. The van der Waals surface area contributed by atoms with E-state index in [4.69, 9.17) is 9.47 Å². The van der Waals surface area contributed by atoms with Crippen molar-refractivity contribution in [1.29, 1.82) is 0 Å². The molecule has 1 fully saturated rings. The van der Waals surface area contributed by atoms with Gasteiger partial charge in [-0.05, 0) is 30.9 Å². The van der Waals surface area contributed by atoms with Crippen LogP contribution in [0.15, 0.2) is 34.8 Å². The number of anilines is 1. The van der Waals surface area contributed by atoms with Gasteiger partial charge in [-0.1, -0.05) is 6.08 Å². The minimum atomic E-state index is -4.20. The van der Waals surface area contributed by atoms with E-state index in [2.05, 4.69) is 15.3 Å². The first-order valence-electron chi connectivity index (χ1n) is 8.32. The average Bonchev–Trinajstić information content (AvgIpc) is 3.51. The van der Waals surface area contributed by atoms with Crippen LogP contribution in [0.4, 0.5) is 10.7 Å². The van der Waals surface area contributed by atoms with Crippen molar-refractivity contribution in [2.24, 2.45) is 11.8 Å². The topological polar surface area (TPSA) is 137 Å². The summed E-state index contributed by atoms with van der Waals surface area (Å²) in [5, 5.41) is 2.23. The van der Waals surface area contributed by atoms with E-state index in [1.165, 1.54) is 38.5 Å². The number of hydrogen-bond donors (Lipinski definition) is 2. The Hall–Kier alpha value is -3.17. The van der Waals surface area contributed by atoms with Crippen LogP contribution in [0.3, 0.4) is 0 Å². The number of aromatic nitrogens is 2. The molecule has 0 saturated heterocycles. The molecule has 1 heterocycles. The van der Waals surface area contributed by atoms with Gasteiger partial charge in [0.1, 0.15) is 5.94 Å². The van der Waals surface area contributed by atoms with Crippen LogP contribution in [-0.4, -0.2) is 44.6 Å². The van der Waals surface area contributed by atoms with Crippen molar-refractivity contribution in [3.8, 4) is 11.8 Å². The molecule has 1 aromatic rings. The molecule has 0 spiro atoms. The van der Waals surface area contributed by atoms with Gasteiger partial charge >= 0.3 is 6.03 Å². The maximum atomic E-state index is 12.7. The monoisotopic (exact) mass is 406 g/mol. The van der Waals surface area contributed by atoms with Crippen LogP contribution in [0, 0.1) is 11.8 Å². The molecular formula is C17H18N4O6S. The molecule has 2 amide bonds. The van der Waals surface area contributed by atoms with Crippen LogP contribution in [0.2, 0.25) is 0 Å². The number of ether oxygens (including phenoxy) is 2. The van der Waals surface area contributed by atoms with Gasteiger partial charge in [-0.3, -0.25) is 5.32 Å². The molecule has 2 N–H and O–H groups in total. The number of sulfonamides is 1. The SMILES string of the molecule is COc1cc(OC)nc(NC(=O)NS(=O)(=O)C2=CC=CC(=C=O)C2C2CC2)n1. The molecule has 0 aliphatic heterocycles. The van der Waals surface area contributed by atoms with Crippen molar-refractivity contribution in [2.45, 2.75) is 12.8 Å². The molecule has 0 bridgehead atoms. The molecule has 2 aliphatic carbocycles. The third-order valence-corrected chi connectivity index (χ3v) is 5.71. The largest absolute Gasteiger partial charge is 0.481 e. The van der Waals surface area contributed by atoms with Crippen LogP contribution in [0.1, 0.15) is 12.8 Å². The first kappa shape index (κ1) is 19.6. The molecular weight excluding hydrogens is 388 g/mol. The van der Waals surface area contributed by atoms with Gasteiger partial charge < -0.3 is 9.47 Å². The van der Waals surface area contributed by atoms with Crippen molar-refractivity contribution in [3.63, 3.8) is 0 Å². The Morgan fingerprint density at radius 1 is 1.21 bits per heavy atom. The van der Waals surface area contributed by atoms with E-state index in [1.54, 1.807) is 5.94 Å². The standard InChI is InChI=1S/C17H18N4O6S/c1-26-13-8-14(27-2)19-16(18-13)20-17(23)21-28(24,25)12-5-3-4-11(9-22)15(12)10-6-7-10/h3-5,8,10,15H,6-7H2,1-2H3,(H2,18,19,20,21,23). The maximum absolute atomic E-state index is 12.7. The number of carbonyl (C=O) groups is 1. The molecule has 1 unspecified atom stereocenters. The number of hydrogen-bond acceptors (Lipinski definition) is 8. The number of nitrogens with one attached hydrogen (secondary N) is 2. The van der Waals surface area contributed by atoms with Gasteiger partial charge in [0.25, 0.3) is 10.0 Å². The predicted octanol–water partition coefficient (Wildman–Crippen LogP) is 1.18. The van der Waals surface area contributed by atoms with Crippen molar-refractivity contribution < 1.29 is 27.5 Å². The zero-order valence-corrected chi connectivity index (χ0v) is 15.9. The maximum Gasteiger partial charge on any atom is 0.335 e. The summed E-state index contributed by atoms with van der Waals surface area (Å²) in [5.41, 5.74) is 0.256. The number of amides is 2. The van der Waals surface area contributed by atoms with Crippen LogP contribution in [-0.2, 0) is 14.8 Å². The molecule has 3 rings (SSSR count). The summed E-state index contributed by atoms with van der Waals surface area (Å²) in [4.78, 5) is 31.2. The summed E-state index contributed by atoms with van der Waals surface area (Å²) in [6.07, 6.45) is 5.97.